The first-order valence-electron chi connectivity index (χ1n) is 6.00. The van der Waals surface area contributed by atoms with Crippen LogP contribution < -0.4 is 5.73 Å². The van der Waals surface area contributed by atoms with Crippen LogP contribution in [0.1, 0.15) is 33.1 Å². The Kier molecular flexibility index (Phi) is 5.15. The van der Waals surface area contributed by atoms with Crippen LogP contribution in [0, 0.1) is 0 Å². The lowest BCUT2D eigenvalue weighted by molar-refractivity contribution is -0.149. The van der Waals surface area contributed by atoms with Gasteiger partial charge in [0.05, 0.1) is 6.61 Å². The molecule has 0 aliphatic heterocycles. The smallest absolute Gasteiger partial charge is 0.325 e. The highest BCUT2D eigenvalue weighted by atomic mass is 16.5. The molecule has 0 aliphatic rings. The quantitative estimate of drug-likeness (QED) is 0.575. The number of unbranched alkanes of at least 4 members (excludes halogenated alkanes) is 1. The second-order valence-electron chi connectivity index (χ2n) is 4.36. The van der Waals surface area contributed by atoms with Gasteiger partial charge < -0.3 is 10.5 Å². The van der Waals surface area contributed by atoms with E-state index in [1.807, 2.05) is 16.9 Å². The molecule has 0 saturated carbocycles. The summed E-state index contributed by atoms with van der Waals surface area (Å²) in [5.41, 5.74) is 5.03. The normalized spacial score (nSPS) is 14.3. The van der Waals surface area contributed by atoms with Crippen LogP contribution in [0.15, 0.2) is 18.5 Å². The van der Waals surface area contributed by atoms with Crippen molar-refractivity contribution in [2.45, 2.75) is 45.2 Å². The number of nitrogens with two attached hydrogens (primary N) is 1. The minimum absolute atomic E-state index is 0.320. The molecule has 5 heteroatoms. The number of aromatic nitrogens is 2. The summed E-state index contributed by atoms with van der Waals surface area (Å²) in [7, 11) is 0. The molecule has 17 heavy (non-hydrogen) atoms. The SMILES string of the molecule is CCOC(=O)C(C)(N)CCCCn1cccn1. The van der Waals surface area contributed by atoms with Crippen LogP contribution in [0.3, 0.4) is 0 Å². The van der Waals surface area contributed by atoms with Crippen molar-refractivity contribution in [3.8, 4) is 0 Å². The zero-order chi connectivity index (χ0) is 12.7. The molecule has 0 radical (unpaired) electrons. The van der Waals surface area contributed by atoms with Gasteiger partial charge in [0.25, 0.3) is 0 Å². The first kappa shape index (κ1) is 13.7. The van der Waals surface area contributed by atoms with Gasteiger partial charge in [0.1, 0.15) is 5.54 Å². The number of hydrogen-bond donors (Lipinski definition) is 1. The highest BCUT2D eigenvalue weighted by Crippen LogP contribution is 2.13. The van der Waals surface area contributed by atoms with E-state index in [0.29, 0.717) is 13.0 Å². The maximum atomic E-state index is 11.5. The van der Waals surface area contributed by atoms with Crippen molar-refractivity contribution in [1.82, 2.24) is 9.78 Å². The van der Waals surface area contributed by atoms with Gasteiger partial charge in [-0.05, 0) is 39.2 Å². The Labute approximate surface area is 102 Å². The molecule has 0 saturated heterocycles. The molecule has 1 aromatic rings. The molecule has 1 rings (SSSR count). The van der Waals surface area contributed by atoms with Crippen molar-refractivity contribution in [2.24, 2.45) is 5.73 Å². The average molecular weight is 239 g/mol. The number of ether oxygens (including phenoxy) is 1. The molecule has 1 atom stereocenters. The Morgan fingerprint density at radius 1 is 1.53 bits per heavy atom. The molecular formula is C12H21N3O2. The summed E-state index contributed by atoms with van der Waals surface area (Å²) in [5, 5.41) is 4.11. The Morgan fingerprint density at radius 3 is 2.88 bits per heavy atom. The van der Waals surface area contributed by atoms with E-state index in [4.69, 9.17) is 10.5 Å². The Balaban J connectivity index is 2.23. The molecule has 1 aromatic heterocycles. The van der Waals surface area contributed by atoms with Gasteiger partial charge >= 0.3 is 5.97 Å². The maximum Gasteiger partial charge on any atom is 0.325 e. The van der Waals surface area contributed by atoms with Gasteiger partial charge in [0, 0.05) is 18.9 Å². The molecule has 0 spiro atoms. The summed E-state index contributed by atoms with van der Waals surface area (Å²) in [6.07, 6.45) is 6.14. The summed E-state index contributed by atoms with van der Waals surface area (Å²) < 4.78 is 6.80. The predicted octanol–water partition coefficient (Wildman–Crippen LogP) is 1.33. The first-order valence-corrected chi connectivity index (χ1v) is 6.00. The predicted molar refractivity (Wildman–Crippen MR) is 65.3 cm³/mol. The zero-order valence-electron chi connectivity index (χ0n) is 10.6. The van der Waals surface area contributed by atoms with E-state index in [1.165, 1.54) is 0 Å². The topological polar surface area (TPSA) is 70.1 Å². The zero-order valence-corrected chi connectivity index (χ0v) is 10.6. The summed E-state index contributed by atoms with van der Waals surface area (Å²) in [5.74, 6) is -0.320. The van der Waals surface area contributed by atoms with Crippen molar-refractivity contribution >= 4 is 5.97 Å². The van der Waals surface area contributed by atoms with Crippen molar-refractivity contribution in [2.75, 3.05) is 6.61 Å². The number of carbonyl (C=O) groups is 1. The van der Waals surface area contributed by atoms with Crippen LogP contribution in [0.2, 0.25) is 0 Å². The fourth-order valence-corrected chi connectivity index (χ4v) is 1.60. The molecule has 0 aliphatic carbocycles. The highest BCUT2D eigenvalue weighted by Gasteiger charge is 2.28. The summed E-state index contributed by atoms with van der Waals surface area (Å²) in [6.45, 7) is 4.73. The number of nitrogens with zero attached hydrogens (tertiary/aromatic N) is 2. The van der Waals surface area contributed by atoms with Gasteiger partial charge in [-0.1, -0.05) is 0 Å². The number of hydrogen-bond acceptors (Lipinski definition) is 4. The highest BCUT2D eigenvalue weighted by molar-refractivity contribution is 5.79. The fraction of sp³-hybridized carbons (Fsp3) is 0.667. The van der Waals surface area contributed by atoms with E-state index < -0.39 is 5.54 Å². The lowest BCUT2D eigenvalue weighted by Crippen LogP contribution is -2.46. The van der Waals surface area contributed by atoms with Crippen LogP contribution >= 0.6 is 0 Å². The molecule has 2 N–H and O–H groups in total. The van der Waals surface area contributed by atoms with Crippen LogP contribution in [0.25, 0.3) is 0 Å². The van der Waals surface area contributed by atoms with E-state index in [1.54, 1.807) is 20.0 Å². The number of carbonyl (C=O) groups excluding carboxylic acids is 1. The van der Waals surface area contributed by atoms with E-state index in [9.17, 15) is 4.79 Å². The van der Waals surface area contributed by atoms with Gasteiger partial charge in [-0.3, -0.25) is 9.48 Å². The van der Waals surface area contributed by atoms with Crippen LogP contribution in [0.4, 0.5) is 0 Å². The standard InChI is InChI=1S/C12H21N3O2/c1-3-17-11(16)12(2,13)7-4-5-9-15-10-6-8-14-15/h6,8,10H,3-5,7,9,13H2,1-2H3. The molecule has 0 aromatic carbocycles. The van der Waals surface area contributed by atoms with E-state index in [2.05, 4.69) is 5.10 Å². The Bertz CT molecular complexity index is 334. The monoisotopic (exact) mass is 239 g/mol. The van der Waals surface area contributed by atoms with Gasteiger partial charge in [-0.15, -0.1) is 0 Å². The molecule has 1 unspecified atom stereocenters. The molecule has 0 amide bonds. The second kappa shape index (κ2) is 6.39. The summed E-state index contributed by atoms with van der Waals surface area (Å²) >= 11 is 0. The molecular weight excluding hydrogens is 218 g/mol. The number of esters is 1. The maximum absolute atomic E-state index is 11.5. The molecule has 96 valence electrons. The van der Waals surface area contributed by atoms with Gasteiger partial charge in [0.2, 0.25) is 0 Å². The molecule has 5 nitrogen and oxygen atoms in total. The molecule has 0 bridgehead atoms. The van der Waals surface area contributed by atoms with Gasteiger partial charge in [-0.25, -0.2) is 0 Å². The third-order valence-electron chi connectivity index (χ3n) is 2.63. The third-order valence-corrected chi connectivity index (χ3v) is 2.63. The van der Waals surface area contributed by atoms with Crippen molar-refractivity contribution in [1.29, 1.82) is 0 Å². The molecule has 1 heterocycles. The molecule has 0 fully saturated rings. The second-order valence-corrected chi connectivity index (χ2v) is 4.36. The van der Waals surface area contributed by atoms with Gasteiger partial charge in [-0.2, -0.15) is 5.10 Å². The number of rotatable bonds is 7. The summed E-state index contributed by atoms with van der Waals surface area (Å²) in [6, 6.07) is 1.89. The van der Waals surface area contributed by atoms with E-state index >= 15 is 0 Å². The minimum atomic E-state index is -0.875. The van der Waals surface area contributed by atoms with Crippen molar-refractivity contribution < 1.29 is 9.53 Å². The largest absolute Gasteiger partial charge is 0.465 e. The van der Waals surface area contributed by atoms with Crippen LogP contribution in [-0.4, -0.2) is 27.9 Å². The van der Waals surface area contributed by atoms with Crippen molar-refractivity contribution in [3.05, 3.63) is 18.5 Å². The lowest BCUT2D eigenvalue weighted by atomic mass is 9.96. The fourth-order valence-electron chi connectivity index (χ4n) is 1.60. The number of aryl methyl sites for hydroxylation is 1. The van der Waals surface area contributed by atoms with E-state index in [-0.39, 0.29) is 5.97 Å². The average Bonchev–Trinajstić information content (AvgIpc) is 2.77. The van der Waals surface area contributed by atoms with E-state index in [0.717, 1.165) is 19.4 Å². The third kappa shape index (κ3) is 4.56. The Hall–Kier alpha value is -1.36. The van der Waals surface area contributed by atoms with Crippen LogP contribution in [0.5, 0.6) is 0 Å². The van der Waals surface area contributed by atoms with Gasteiger partial charge in [0.15, 0.2) is 0 Å². The summed E-state index contributed by atoms with van der Waals surface area (Å²) in [4.78, 5) is 11.5. The first-order chi connectivity index (χ1) is 8.06. The van der Waals surface area contributed by atoms with Crippen molar-refractivity contribution in [3.63, 3.8) is 0 Å². The lowest BCUT2D eigenvalue weighted by Gasteiger charge is -2.21. The van der Waals surface area contributed by atoms with Crippen LogP contribution in [-0.2, 0) is 16.1 Å². The Morgan fingerprint density at radius 2 is 2.29 bits per heavy atom. The minimum Gasteiger partial charge on any atom is -0.465 e.